The van der Waals surface area contributed by atoms with Crippen LogP contribution in [-0.4, -0.2) is 56.6 Å². The van der Waals surface area contributed by atoms with Gasteiger partial charge in [-0.05, 0) is 37.8 Å². The minimum absolute atomic E-state index is 0.146. The maximum absolute atomic E-state index is 12.7. The number of carbonyl (C=O) groups is 2. The number of amides is 2. The van der Waals surface area contributed by atoms with Gasteiger partial charge in [-0.3, -0.25) is 14.5 Å². The van der Waals surface area contributed by atoms with Crippen LogP contribution in [0.3, 0.4) is 0 Å². The van der Waals surface area contributed by atoms with Gasteiger partial charge < -0.3 is 15.4 Å². The van der Waals surface area contributed by atoms with Crippen LogP contribution >= 0.6 is 11.3 Å². The van der Waals surface area contributed by atoms with Crippen LogP contribution in [0.5, 0.6) is 0 Å². The first-order valence-electron chi connectivity index (χ1n) is 8.98. The fourth-order valence-corrected chi connectivity index (χ4v) is 4.33. The molecule has 142 valence electrons. The zero-order valence-corrected chi connectivity index (χ0v) is 16.3. The van der Waals surface area contributed by atoms with E-state index >= 15 is 0 Å². The molecule has 0 aromatic carbocycles. The number of hydrogen-bond donors (Lipinski definition) is 2. The van der Waals surface area contributed by atoms with E-state index in [1.807, 2.05) is 11.8 Å². The second kappa shape index (κ2) is 10.3. The molecule has 1 heterocycles. The van der Waals surface area contributed by atoms with Crippen LogP contribution in [0.1, 0.15) is 40.6 Å². The van der Waals surface area contributed by atoms with Gasteiger partial charge in [0.05, 0.1) is 25.3 Å². The highest BCUT2D eigenvalue weighted by Gasteiger charge is 2.26. The van der Waals surface area contributed by atoms with Crippen LogP contribution < -0.4 is 10.6 Å². The first kappa shape index (κ1) is 20.4. The average molecular weight is 378 g/mol. The van der Waals surface area contributed by atoms with Crippen LogP contribution in [-0.2, 0) is 22.4 Å². The fourth-order valence-electron chi connectivity index (χ4n) is 3.03. The number of methoxy groups -OCH3 is 1. The first-order chi connectivity index (χ1) is 12.6. The highest BCUT2D eigenvalue weighted by molar-refractivity contribution is 7.17. The van der Waals surface area contributed by atoms with E-state index in [-0.39, 0.29) is 18.4 Å². The number of carbonyl (C=O) groups excluding carboxylic acids is 2. The van der Waals surface area contributed by atoms with Crippen LogP contribution in [0.4, 0.5) is 5.00 Å². The van der Waals surface area contributed by atoms with E-state index in [2.05, 4.69) is 16.6 Å². The van der Waals surface area contributed by atoms with E-state index < -0.39 is 0 Å². The second-order valence-corrected chi connectivity index (χ2v) is 7.32. The summed E-state index contributed by atoms with van der Waals surface area (Å²) in [7, 11) is 1.60. The van der Waals surface area contributed by atoms with E-state index in [0.29, 0.717) is 36.8 Å². The maximum Gasteiger partial charge on any atom is 0.254 e. The Labute approximate surface area is 159 Å². The van der Waals surface area contributed by atoms with Gasteiger partial charge in [-0.1, -0.05) is 12.8 Å². The van der Waals surface area contributed by atoms with E-state index in [1.165, 1.54) is 16.2 Å². The molecule has 2 amide bonds. The van der Waals surface area contributed by atoms with Gasteiger partial charge in [0, 0.05) is 18.5 Å². The number of likely N-dealkylation sites (N-methyl/N-ethyl adjacent to an activating group) is 1. The van der Waals surface area contributed by atoms with Crippen LogP contribution in [0.15, 0.2) is 0 Å². The Morgan fingerprint density at radius 1 is 1.35 bits per heavy atom. The number of rotatable bonds is 9. The number of ether oxygens (including phenoxy) is 1. The topological polar surface area (TPSA) is 70.7 Å². The van der Waals surface area contributed by atoms with Gasteiger partial charge in [0.1, 0.15) is 5.00 Å². The Morgan fingerprint density at radius 3 is 2.81 bits per heavy atom. The number of anilines is 1. The lowest BCUT2D eigenvalue weighted by Gasteiger charge is -2.17. The molecule has 26 heavy (non-hydrogen) atoms. The van der Waals surface area contributed by atoms with E-state index in [4.69, 9.17) is 11.2 Å². The number of hydrogen-bond acceptors (Lipinski definition) is 5. The van der Waals surface area contributed by atoms with Crippen LogP contribution in [0.2, 0.25) is 0 Å². The molecule has 0 fully saturated rings. The number of nitrogens with zero attached hydrogens (tertiary/aromatic N) is 1. The average Bonchev–Trinajstić information content (AvgIpc) is 2.99. The van der Waals surface area contributed by atoms with Gasteiger partial charge in [-0.2, -0.15) is 0 Å². The zero-order valence-electron chi connectivity index (χ0n) is 15.5. The molecule has 0 bridgehead atoms. The highest BCUT2D eigenvalue weighted by atomic mass is 32.1. The predicted octanol–water partition coefficient (Wildman–Crippen LogP) is 1.90. The normalized spacial score (nSPS) is 13.2. The fraction of sp³-hybridized carbons (Fsp3) is 0.579. The Hall–Kier alpha value is -1.88. The molecule has 2 N–H and O–H groups in total. The van der Waals surface area contributed by atoms with Crippen molar-refractivity contribution in [3.8, 4) is 12.3 Å². The molecule has 0 spiro atoms. The first-order valence-corrected chi connectivity index (χ1v) is 9.79. The second-order valence-electron chi connectivity index (χ2n) is 6.22. The Bertz CT molecular complexity index is 678. The summed E-state index contributed by atoms with van der Waals surface area (Å²) in [5, 5.41) is 6.46. The molecule has 0 atom stereocenters. The van der Waals surface area contributed by atoms with Gasteiger partial charge in [0.15, 0.2) is 0 Å². The lowest BCUT2D eigenvalue weighted by Crippen LogP contribution is -2.34. The largest absolute Gasteiger partial charge is 0.383 e. The van der Waals surface area contributed by atoms with Gasteiger partial charge >= 0.3 is 0 Å². The third-order valence-corrected chi connectivity index (χ3v) is 5.58. The quantitative estimate of drug-likeness (QED) is 0.509. The molecule has 0 aliphatic heterocycles. The van der Waals surface area contributed by atoms with Crippen molar-refractivity contribution in [3.05, 3.63) is 16.0 Å². The van der Waals surface area contributed by atoms with E-state index in [9.17, 15) is 9.59 Å². The Balaban J connectivity index is 2.16. The van der Waals surface area contributed by atoms with Crippen LogP contribution in [0, 0.1) is 12.3 Å². The third-order valence-electron chi connectivity index (χ3n) is 4.37. The van der Waals surface area contributed by atoms with Crippen molar-refractivity contribution >= 4 is 28.2 Å². The molecule has 1 aliphatic carbocycles. The number of terminal acetylenes is 1. The van der Waals surface area contributed by atoms with E-state index in [1.54, 1.807) is 7.11 Å². The molecule has 1 aromatic rings. The monoisotopic (exact) mass is 377 g/mol. The molecule has 6 nitrogen and oxygen atoms in total. The summed E-state index contributed by atoms with van der Waals surface area (Å²) in [6.07, 6.45) is 9.38. The minimum Gasteiger partial charge on any atom is -0.383 e. The Morgan fingerprint density at radius 2 is 2.12 bits per heavy atom. The highest BCUT2D eigenvalue weighted by Crippen LogP contribution is 2.38. The lowest BCUT2D eigenvalue weighted by atomic mass is 9.95. The summed E-state index contributed by atoms with van der Waals surface area (Å²) < 4.78 is 4.99. The van der Waals surface area contributed by atoms with Crippen molar-refractivity contribution in [1.29, 1.82) is 0 Å². The minimum atomic E-state index is -0.147. The van der Waals surface area contributed by atoms with E-state index in [0.717, 1.165) is 31.2 Å². The third kappa shape index (κ3) is 5.31. The van der Waals surface area contributed by atoms with Crippen molar-refractivity contribution in [3.63, 3.8) is 0 Å². The van der Waals surface area contributed by atoms with Crippen molar-refractivity contribution < 1.29 is 14.3 Å². The van der Waals surface area contributed by atoms with Gasteiger partial charge in [-0.25, -0.2) is 0 Å². The predicted molar refractivity (Wildman–Crippen MR) is 105 cm³/mol. The SMILES string of the molecule is C#CCN(CC)CC(=O)Nc1sc2c(c1C(=O)NCCOC)CCCC2. The van der Waals surface area contributed by atoms with Gasteiger partial charge in [-0.15, -0.1) is 17.8 Å². The maximum atomic E-state index is 12.7. The van der Waals surface area contributed by atoms with Crippen molar-refractivity contribution in [1.82, 2.24) is 10.2 Å². The molecule has 1 aromatic heterocycles. The number of aryl methyl sites for hydroxylation is 1. The summed E-state index contributed by atoms with van der Waals surface area (Å²) in [5.41, 5.74) is 1.71. The molecule has 1 aliphatic rings. The lowest BCUT2D eigenvalue weighted by molar-refractivity contribution is -0.117. The summed E-state index contributed by atoms with van der Waals surface area (Å²) in [6, 6.07) is 0. The van der Waals surface area contributed by atoms with Gasteiger partial charge in [0.25, 0.3) is 5.91 Å². The number of nitrogens with one attached hydrogen (secondary N) is 2. The molecule has 0 radical (unpaired) electrons. The molecular formula is C19H27N3O3S. The summed E-state index contributed by atoms with van der Waals surface area (Å²) >= 11 is 1.52. The zero-order chi connectivity index (χ0) is 18.9. The Kier molecular flexibility index (Phi) is 8.10. The van der Waals surface area contributed by atoms with Crippen LogP contribution in [0.25, 0.3) is 0 Å². The van der Waals surface area contributed by atoms with Crippen molar-refractivity contribution in [2.24, 2.45) is 0 Å². The summed E-state index contributed by atoms with van der Waals surface area (Å²) in [4.78, 5) is 28.2. The molecule has 7 heteroatoms. The molecule has 0 saturated heterocycles. The molecular weight excluding hydrogens is 350 g/mol. The number of fused-ring (bicyclic) bond motifs is 1. The number of thiophene rings is 1. The smallest absolute Gasteiger partial charge is 0.254 e. The standard InChI is InChI=1S/C19H27N3O3S/c1-4-11-22(5-2)13-16(23)21-19-17(18(24)20-10-12-25-3)14-8-6-7-9-15(14)26-19/h1H,5-13H2,2-3H3,(H,20,24)(H,21,23). The summed E-state index contributed by atoms with van der Waals surface area (Å²) in [6.45, 7) is 4.20. The summed E-state index contributed by atoms with van der Waals surface area (Å²) in [5.74, 6) is 2.27. The van der Waals surface area contributed by atoms with Crippen molar-refractivity contribution in [2.45, 2.75) is 32.6 Å². The molecule has 0 unspecified atom stereocenters. The molecule has 0 saturated carbocycles. The van der Waals surface area contributed by atoms with Gasteiger partial charge in [0.2, 0.25) is 5.91 Å². The molecule has 2 rings (SSSR count). The van der Waals surface area contributed by atoms with Crippen molar-refractivity contribution in [2.75, 3.05) is 45.2 Å².